The Morgan fingerprint density at radius 3 is 2.38 bits per heavy atom. The van der Waals surface area contributed by atoms with Crippen LogP contribution in [-0.2, 0) is 0 Å². The van der Waals surface area contributed by atoms with Crippen molar-refractivity contribution in [2.45, 2.75) is 24.8 Å². The predicted octanol–water partition coefficient (Wildman–Crippen LogP) is 0.138. The third kappa shape index (κ3) is 1.70. The lowest BCUT2D eigenvalue weighted by Crippen LogP contribution is -2.19. The molecule has 0 bridgehead atoms. The van der Waals surface area contributed by atoms with Crippen LogP contribution in [-0.4, -0.2) is 28.3 Å². The lowest BCUT2D eigenvalue weighted by molar-refractivity contribution is 0.148. The van der Waals surface area contributed by atoms with E-state index in [4.69, 9.17) is 10.2 Å². The summed E-state index contributed by atoms with van der Waals surface area (Å²) >= 11 is 0. The van der Waals surface area contributed by atoms with E-state index in [1.54, 1.807) is 0 Å². The van der Waals surface area contributed by atoms with E-state index >= 15 is 0 Å². The molecule has 1 fully saturated rings. The van der Waals surface area contributed by atoms with Crippen LogP contribution in [0, 0.1) is 0 Å². The molecule has 48 valence electrons. The van der Waals surface area contributed by atoms with Crippen molar-refractivity contribution in [1.82, 2.24) is 0 Å². The molecule has 0 aromatic heterocycles. The molecule has 1 saturated heterocycles. The van der Waals surface area contributed by atoms with Crippen LogP contribution >= 0.6 is 8.58 Å². The van der Waals surface area contributed by atoms with Gasteiger partial charge in [-0.1, -0.05) is 8.58 Å². The Balaban J connectivity index is 2.19. The monoisotopic (exact) mass is 134 g/mol. The van der Waals surface area contributed by atoms with E-state index in [1.165, 1.54) is 0 Å². The Labute approximate surface area is 50.7 Å². The van der Waals surface area contributed by atoms with E-state index in [2.05, 4.69) is 0 Å². The molecular formula is C5H11O2P. The molecule has 0 spiro atoms. The molecule has 1 heterocycles. The standard InChI is InChI=1S/C5H11O2P/c6-4-1-2-5(7)8-3-4/h4-8H,1-3H2. The molecule has 0 aromatic rings. The first-order chi connectivity index (χ1) is 3.79. The highest BCUT2D eigenvalue weighted by Gasteiger charge is 2.15. The summed E-state index contributed by atoms with van der Waals surface area (Å²) in [6, 6.07) is 0. The average molecular weight is 134 g/mol. The molecule has 3 atom stereocenters. The summed E-state index contributed by atoms with van der Waals surface area (Å²) in [5, 5.41) is 17.9. The predicted molar refractivity (Wildman–Crippen MR) is 34.4 cm³/mol. The first kappa shape index (κ1) is 6.47. The van der Waals surface area contributed by atoms with Gasteiger partial charge in [-0.15, -0.1) is 0 Å². The molecule has 0 amide bonds. The SMILES string of the molecule is OC1CCC(O)PC1. The van der Waals surface area contributed by atoms with Crippen LogP contribution in [0.5, 0.6) is 0 Å². The lowest BCUT2D eigenvalue weighted by Gasteiger charge is -2.20. The van der Waals surface area contributed by atoms with E-state index in [9.17, 15) is 0 Å². The number of hydrogen-bond acceptors (Lipinski definition) is 2. The van der Waals surface area contributed by atoms with Crippen molar-refractivity contribution in [3.05, 3.63) is 0 Å². The van der Waals surface area contributed by atoms with Gasteiger partial charge in [0.2, 0.25) is 0 Å². The Morgan fingerprint density at radius 2 is 2.00 bits per heavy atom. The van der Waals surface area contributed by atoms with Crippen LogP contribution in [0.3, 0.4) is 0 Å². The average Bonchev–Trinajstić information content (AvgIpc) is 1.77. The third-order valence-corrected chi connectivity index (χ3v) is 2.83. The molecule has 3 heteroatoms. The lowest BCUT2D eigenvalue weighted by atomic mass is 10.2. The molecule has 0 aromatic carbocycles. The number of hydrogen-bond donors (Lipinski definition) is 2. The molecule has 8 heavy (non-hydrogen) atoms. The highest BCUT2D eigenvalue weighted by atomic mass is 31.1. The zero-order valence-corrected chi connectivity index (χ0v) is 5.67. The van der Waals surface area contributed by atoms with Crippen molar-refractivity contribution in [1.29, 1.82) is 0 Å². The van der Waals surface area contributed by atoms with Crippen LogP contribution in [0.1, 0.15) is 12.8 Å². The fourth-order valence-corrected chi connectivity index (χ4v) is 1.95. The van der Waals surface area contributed by atoms with Crippen molar-refractivity contribution in [2.75, 3.05) is 6.16 Å². The van der Waals surface area contributed by atoms with Crippen molar-refractivity contribution < 1.29 is 10.2 Å². The maximum atomic E-state index is 8.93. The van der Waals surface area contributed by atoms with Gasteiger partial charge in [0.15, 0.2) is 0 Å². The van der Waals surface area contributed by atoms with E-state index in [0.717, 1.165) is 19.0 Å². The highest BCUT2D eigenvalue weighted by Crippen LogP contribution is 2.28. The van der Waals surface area contributed by atoms with Gasteiger partial charge >= 0.3 is 0 Å². The Bertz CT molecular complexity index is 58.8. The summed E-state index contributed by atoms with van der Waals surface area (Å²) in [7, 11) is 0.561. The maximum Gasteiger partial charge on any atom is 0.0704 e. The number of aliphatic hydroxyl groups excluding tert-OH is 2. The van der Waals surface area contributed by atoms with Gasteiger partial charge in [0, 0.05) is 0 Å². The molecule has 2 nitrogen and oxygen atoms in total. The summed E-state index contributed by atoms with van der Waals surface area (Å²) in [6.45, 7) is 0. The summed E-state index contributed by atoms with van der Waals surface area (Å²) in [5.74, 6) is -0.113. The van der Waals surface area contributed by atoms with Gasteiger partial charge in [0.25, 0.3) is 0 Å². The van der Waals surface area contributed by atoms with Crippen molar-refractivity contribution in [2.24, 2.45) is 0 Å². The van der Waals surface area contributed by atoms with Gasteiger partial charge in [0.05, 0.1) is 11.9 Å². The minimum atomic E-state index is -0.128. The molecule has 2 N–H and O–H groups in total. The van der Waals surface area contributed by atoms with Crippen LogP contribution in [0.2, 0.25) is 0 Å². The second kappa shape index (κ2) is 2.77. The van der Waals surface area contributed by atoms with Gasteiger partial charge in [-0.2, -0.15) is 0 Å². The second-order valence-electron chi connectivity index (χ2n) is 2.16. The molecule has 1 aliphatic heterocycles. The molecule has 0 saturated carbocycles. The van der Waals surface area contributed by atoms with Crippen LogP contribution in [0.25, 0.3) is 0 Å². The first-order valence-corrected chi connectivity index (χ1v) is 4.17. The summed E-state index contributed by atoms with van der Waals surface area (Å²) < 4.78 is 0. The minimum absolute atomic E-state index is 0.113. The van der Waals surface area contributed by atoms with E-state index in [1.807, 2.05) is 0 Å². The van der Waals surface area contributed by atoms with Crippen molar-refractivity contribution >= 4 is 8.58 Å². The molecule has 0 aliphatic carbocycles. The van der Waals surface area contributed by atoms with E-state index in [0.29, 0.717) is 8.58 Å². The van der Waals surface area contributed by atoms with Crippen LogP contribution in [0.15, 0.2) is 0 Å². The first-order valence-electron chi connectivity index (χ1n) is 2.88. The van der Waals surface area contributed by atoms with Gasteiger partial charge in [-0.3, -0.25) is 0 Å². The third-order valence-electron chi connectivity index (χ3n) is 1.36. The Kier molecular flexibility index (Phi) is 2.24. The van der Waals surface area contributed by atoms with Crippen LogP contribution in [0.4, 0.5) is 0 Å². The van der Waals surface area contributed by atoms with Gasteiger partial charge in [0.1, 0.15) is 0 Å². The van der Waals surface area contributed by atoms with Crippen LogP contribution < -0.4 is 0 Å². The topological polar surface area (TPSA) is 40.5 Å². The summed E-state index contributed by atoms with van der Waals surface area (Å²) in [5.41, 5.74) is 0. The Morgan fingerprint density at radius 1 is 1.25 bits per heavy atom. The number of rotatable bonds is 0. The summed E-state index contributed by atoms with van der Waals surface area (Å²) in [6.07, 6.45) is 2.26. The normalized spacial score (nSPS) is 42.8. The highest BCUT2D eigenvalue weighted by molar-refractivity contribution is 7.38. The van der Waals surface area contributed by atoms with Crippen molar-refractivity contribution in [3.63, 3.8) is 0 Å². The van der Waals surface area contributed by atoms with E-state index in [-0.39, 0.29) is 11.9 Å². The summed E-state index contributed by atoms with van der Waals surface area (Å²) in [4.78, 5) is 0. The zero-order valence-electron chi connectivity index (χ0n) is 4.67. The largest absolute Gasteiger partial charge is 0.393 e. The van der Waals surface area contributed by atoms with Gasteiger partial charge < -0.3 is 10.2 Å². The van der Waals surface area contributed by atoms with E-state index < -0.39 is 0 Å². The smallest absolute Gasteiger partial charge is 0.0704 e. The fourth-order valence-electron chi connectivity index (χ4n) is 0.826. The Hall–Kier alpha value is 0.350. The molecule has 1 rings (SSSR count). The fraction of sp³-hybridized carbons (Fsp3) is 1.00. The minimum Gasteiger partial charge on any atom is -0.393 e. The number of aliphatic hydroxyl groups is 2. The molecule has 0 radical (unpaired) electrons. The van der Waals surface area contributed by atoms with Crippen molar-refractivity contribution in [3.8, 4) is 0 Å². The molecule has 3 unspecified atom stereocenters. The quantitative estimate of drug-likeness (QED) is 0.462. The zero-order chi connectivity index (χ0) is 5.98. The van der Waals surface area contributed by atoms with Gasteiger partial charge in [-0.05, 0) is 19.0 Å². The van der Waals surface area contributed by atoms with Gasteiger partial charge in [-0.25, -0.2) is 0 Å². The maximum absolute atomic E-state index is 8.93. The molecule has 1 aliphatic rings. The molecular weight excluding hydrogens is 123 g/mol. The second-order valence-corrected chi connectivity index (χ2v) is 3.64.